The van der Waals surface area contributed by atoms with Crippen LogP contribution in [0.5, 0.6) is 5.75 Å². The van der Waals surface area contributed by atoms with E-state index in [1.807, 2.05) is 30.3 Å². The van der Waals surface area contributed by atoms with Gasteiger partial charge in [-0.05, 0) is 23.8 Å². The van der Waals surface area contributed by atoms with Crippen LogP contribution in [0.2, 0.25) is 0 Å². The zero-order chi connectivity index (χ0) is 21.3. The second-order valence-corrected chi connectivity index (χ2v) is 6.30. The van der Waals surface area contributed by atoms with Gasteiger partial charge in [0.2, 0.25) is 5.82 Å². The number of aliphatic carboxylic acids is 1. The molecule has 2 N–H and O–H groups in total. The van der Waals surface area contributed by atoms with Gasteiger partial charge in [-0.3, -0.25) is 4.79 Å². The summed E-state index contributed by atoms with van der Waals surface area (Å²) < 4.78 is 22.8. The average Bonchev–Trinajstić information content (AvgIpc) is 3.25. The number of carbonyl (C=O) groups is 1. The second kappa shape index (κ2) is 10.1. The Hall–Kier alpha value is -3.77. The normalized spacial score (nSPS) is 10.5. The lowest BCUT2D eigenvalue weighted by Crippen LogP contribution is -2.17. The Morgan fingerprint density at radius 3 is 2.70 bits per heavy atom. The highest BCUT2D eigenvalue weighted by atomic mass is 19.1. The molecule has 0 radical (unpaired) electrons. The Labute approximate surface area is 171 Å². The molecule has 8 nitrogen and oxygen atoms in total. The summed E-state index contributed by atoms with van der Waals surface area (Å²) in [5.74, 6) is 0.102. The number of ether oxygens (including phenoxy) is 1. The molecule has 0 fully saturated rings. The topological polar surface area (TPSA) is 121 Å². The molecule has 2 aromatic carbocycles. The number of benzene rings is 2. The summed E-state index contributed by atoms with van der Waals surface area (Å²) >= 11 is 0. The monoisotopic (exact) mass is 410 g/mol. The van der Waals surface area contributed by atoms with Crippen LogP contribution in [0, 0.1) is 11.3 Å². The first-order valence-corrected chi connectivity index (χ1v) is 9.19. The fourth-order valence-corrected chi connectivity index (χ4v) is 2.68. The molecule has 30 heavy (non-hydrogen) atoms. The molecule has 0 spiro atoms. The standard InChI is InChI=1S/C21H19FN4O4/c22-8-10-29-18-6-5-16(11-17(18)12-23)21-25-20(26-30-21)15-3-1-14(2-4-15)13-24-9-7-19(27)28/h1-6,11,24H,7-10,13H2,(H,27,28). The Bertz CT molecular complexity index is 1040. The SMILES string of the molecule is N#Cc1cc(-c2nc(-c3ccc(CNCCC(=O)O)cc3)no2)ccc1OCCF. The largest absolute Gasteiger partial charge is 0.489 e. The van der Waals surface area contributed by atoms with Gasteiger partial charge in [0, 0.05) is 24.2 Å². The van der Waals surface area contributed by atoms with E-state index in [9.17, 15) is 14.4 Å². The van der Waals surface area contributed by atoms with E-state index in [0.29, 0.717) is 30.2 Å². The lowest BCUT2D eigenvalue weighted by atomic mass is 10.1. The molecule has 0 saturated carbocycles. The lowest BCUT2D eigenvalue weighted by Gasteiger charge is -2.06. The van der Waals surface area contributed by atoms with Gasteiger partial charge in [0.15, 0.2) is 0 Å². The predicted molar refractivity (Wildman–Crippen MR) is 105 cm³/mol. The number of aromatic nitrogens is 2. The fraction of sp³-hybridized carbons (Fsp3) is 0.238. The number of nitrogens with one attached hydrogen (secondary N) is 1. The average molecular weight is 410 g/mol. The summed E-state index contributed by atoms with van der Waals surface area (Å²) in [5, 5.41) is 25.0. The van der Waals surface area contributed by atoms with Crippen molar-refractivity contribution in [2.75, 3.05) is 19.8 Å². The highest BCUT2D eigenvalue weighted by molar-refractivity contribution is 5.67. The van der Waals surface area contributed by atoms with Crippen LogP contribution in [0.3, 0.4) is 0 Å². The molecule has 1 aromatic heterocycles. The van der Waals surface area contributed by atoms with E-state index in [2.05, 4.69) is 15.5 Å². The van der Waals surface area contributed by atoms with Gasteiger partial charge in [-0.25, -0.2) is 4.39 Å². The van der Waals surface area contributed by atoms with Crippen LogP contribution in [-0.2, 0) is 11.3 Å². The number of halogens is 1. The van der Waals surface area contributed by atoms with Crippen LogP contribution in [0.4, 0.5) is 4.39 Å². The third-order valence-electron chi connectivity index (χ3n) is 4.16. The molecule has 9 heteroatoms. The van der Waals surface area contributed by atoms with Gasteiger partial charge in [-0.2, -0.15) is 10.2 Å². The van der Waals surface area contributed by atoms with E-state index in [0.717, 1.165) is 11.1 Å². The summed E-state index contributed by atoms with van der Waals surface area (Å²) in [6.07, 6.45) is 0.0696. The van der Waals surface area contributed by atoms with E-state index >= 15 is 0 Å². The van der Waals surface area contributed by atoms with E-state index in [-0.39, 0.29) is 24.5 Å². The van der Waals surface area contributed by atoms with Crippen molar-refractivity contribution in [1.29, 1.82) is 5.26 Å². The smallest absolute Gasteiger partial charge is 0.304 e. The van der Waals surface area contributed by atoms with E-state index in [1.54, 1.807) is 18.2 Å². The quantitative estimate of drug-likeness (QED) is 0.489. The zero-order valence-corrected chi connectivity index (χ0v) is 16.0. The molecule has 154 valence electrons. The second-order valence-electron chi connectivity index (χ2n) is 6.30. The zero-order valence-electron chi connectivity index (χ0n) is 16.0. The van der Waals surface area contributed by atoms with Gasteiger partial charge >= 0.3 is 5.97 Å². The number of alkyl halides is 1. The van der Waals surface area contributed by atoms with Crippen LogP contribution >= 0.6 is 0 Å². The minimum Gasteiger partial charge on any atom is -0.489 e. The van der Waals surface area contributed by atoms with Crippen molar-refractivity contribution in [2.45, 2.75) is 13.0 Å². The van der Waals surface area contributed by atoms with Crippen molar-refractivity contribution in [3.63, 3.8) is 0 Å². The number of hydrogen-bond acceptors (Lipinski definition) is 7. The summed E-state index contributed by atoms with van der Waals surface area (Å²) in [6.45, 7) is 0.188. The molecule has 0 unspecified atom stereocenters. The lowest BCUT2D eigenvalue weighted by molar-refractivity contribution is -0.136. The van der Waals surface area contributed by atoms with Crippen molar-refractivity contribution in [1.82, 2.24) is 15.5 Å². The van der Waals surface area contributed by atoms with Gasteiger partial charge in [-0.15, -0.1) is 0 Å². The van der Waals surface area contributed by atoms with Gasteiger partial charge in [0.25, 0.3) is 5.89 Å². The molecule has 3 aromatic rings. The van der Waals surface area contributed by atoms with Crippen molar-refractivity contribution in [2.24, 2.45) is 0 Å². The molecule has 1 heterocycles. The van der Waals surface area contributed by atoms with Gasteiger partial charge < -0.3 is 19.7 Å². The molecule has 0 amide bonds. The first-order chi connectivity index (χ1) is 14.6. The number of nitriles is 1. The minimum atomic E-state index is -0.838. The molecule has 0 atom stereocenters. The summed E-state index contributed by atoms with van der Waals surface area (Å²) in [7, 11) is 0. The molecule has 0 bridgehead atoms. The Morgan fingerprint density at radius 2 is 2.00 bits per heavy atom. The van der Waals surface area contributed by atoms with Gasteiger partial charge in [-0.1, -0.05) is 29.4 Å². The minimum absolute atomic E-state index is 0.0696. The van der Waals surface area contributed by atoms with E-state index < -0.39 is 12.6 Å². The van der Waals surface area contributed by atoms with Crippen molar-refractivity contribution >= 4 is 5.97 Å². The van der Waals surface area contributed by atoms with Crippen molar-refractivity contribution in [3.8, 4) is 34.7 Å². The maximum absolute atomic E-state index is 12.3. The molecular weight excluding hydrogens is 391 g/mol. The summed E-state index contributed by atoms with van der Waals surface area (Å²) in [5.41, 5.74) is 2.55. The summed E-state index contributed by atoms with van der Waals surface area (Å²) in [6, 6.07) is 14.3. The molecule has 0 saturated heterocycles. The first kappa shape index (κ1) is 21.0. The Kier molecular flexibility index (Phi) is 7.08. The van der Waals surface area contributed by atoms with E-state index in [4.69, 9.17) is 14.4 Å². The molecule has 0 aliphatic rings. The number of carboxylic acids is 1. The predicted octanol–water partition coefficient (Wildman–Crippen LogP) is 3.19. The Morgan fingerprint density at radius 1 is 1.23 bits per heavy atom. The number of nitrogens with zero attached hydrogens (tertiary/aromatic N) is 3. The van der Waals surface area contributed by atoms with Crippen LogP contribution in [-0.4, -0.2) is 41.0 Å². The highest BCUT2D eigenvalue weighted by Gasteiger charge is 2.13. The number of hydrogen-bond donors (Lipinski definition) is 2. The third-order valence-corrected chi connectivity index (χ3v) is 4.16. The van der Waals surface area contributed by atoms with Gasteiger partial charge in [0.1, 0.15) is 25.1 Å². The number of carboxylic acid groups (broad SMARTS) is 1. The van der Waals surface area contributed by atoms with E-state index in [1.165, 1.54) is 0 Å². The van der Waals surface area contributed by atoms with Crippen molar-refractivity contribution < 1.29 is 23.6 Å². The maximum atomic E-state index is 12.3. The maximum Gasteiger partial charge on any atom is 0.304 e. The summed E-state index contributed by atoms with van der Waals surface area (Å²) in [4.78, 5) is 14.9. The highest BCUT2D eigenvalue weighted by Crippen LogP contribution is 2.27. The first-order valence-electron chi connectivity index (χ1n) is 9.19. The van der Waals surface area contributed by atoms with Gasteiger partial charge in [0.05, 0.1) is 12.0 Å². The van der Waals surface area contributed by atoms with Crippen LogP contribution in [0.1, 0.15) is 17.5 Å². The number of rotatable bonds is 10. The van der Waals surface area contributed by atoms with Crippen LogP contribution in [0.15, 0.2) is 47.0 Å². The third kappa shape index (κ3) is 5.40. The molecule has 0 aliphatic heterocycles. The molecule has 3 rings (SSSR count). The van der Waals surface area contributed by atoms with Crippen LogP contribution < -0.4 is 10.1 Å². The van der Waals surface area contributed by atoms with Crippen molar-refractivity contribution in [3.05, 3.63) is 53.6 Å². The fourth-order valence-electron chi connectivity index (χ4n) is 2.68. The molecule has 0 aliphatic carbocycles. The van der Waals surface area contributed by atoms with Crippen LogP contribution in [0.25, 0.3) is 22.8 Å². The Balaban J connectivity index is 1.69. The molecular formula is C21H19FN4O4.